The second-order valence-electron chi connectivity index (χ2n) is 7.56. The summed E-state index contributed by atoms with van der Waals surface area (Å²) in [5.41, 5.74) is 0.483. The lowest BCUT2D eigenvalue weighted by atomic mass is 9.87. The molecular formula is C24H32O7. The van der Waals surface area contributed by atoms with Gasteiger partial charge in [-0.15, -0.1) is 0 Å². The van der Waals surface area contributed by atoms with Gasteiger partial charge in [0.15, 0.2) is 0 Å². The monoisotopic (exact) mass is 432 g/mol. The van der Waals surface area contributed by atoms with Crippen LogP contribution in [0.1, 0.15) is 61.7 Å². The summed E-state index contributed by atoms with van der Waals surface area (Å²) < 4.78 is 21.0. The number of benzene rings is 1. The average molecular weight is 433 g/mol. The van der Waals surface area contributed by atoms with Crippen LogP contribution in [0.25, 0.3) is 0 Å². The summed E-state index contributed by atoms with van der Waals surface area (Å²) in [6.07, 6.45) is 7.35. The molecule has 7 nitrogen and oxygen atoms in total. The fourth-order valence-electron chi connectivity index (χ4n) is 3.47. The number of rotatable bonds is 12. The van der Waals surface area contributed by atoms with Crippen LogP contribution in [0.2, 0.25) is 0 Å². The van der Waals surface area contributed by atoms with Gasteiger partial charge in [-0.3, -0.25) is 4.79 Å². The Morgan fingerprint density at radius 1 is 0.968 bits per heavy atom. The number of esters is 3. The molecule has 31 heavy (non-hydrogen) atoms. The smallest absolute Gasteiger partial charge is 0.338 e. The Morgan fingerprint density at radius 2 is 1.61 bits per heavy atom. The maximum Gasteiger partial charge on any atom is 0.338 e. The molecular weight excluding hydrogens is 400 g/mol. The molecule has 0 heterocycles. The minimum atomic E-state index is -0.387. The molecule has 0 spiro atoms. The Balaban J connectivity index is 1.61. The Morgan fingerprint density at radius 3 is 2.23 bits per heavy atom. The lowest BCUT2D eigenvalue weighted by molar-refractivity contribution is -0.147. The van der Waals surface area contributed by atoms with Crippen LogP contribution in [-0.4, -0.2) is 44.3 Å². The topological polar surface area (TPSA) is 88.1 Å². The lowest BCUT2D eigenvalue weighted by Gasteiger charge is -2.26. The Labute approximate surface area is 183 Å². The van der Waals surface area contributed by atoms with Gasteiger partial charge in [-0.25, -0.2) is 9.59 Å². The van der Waals surface area contributed by atoms with Crippen molar-refractivity contribution in [3.05, 3.63) is 42.5 Å². The fraction of sp³-hybridized carbons (Fsp3) is 0.542. The number of hydrogen-bond acceptors (Lipinski definition) is 7. The van der Waals surface area contributed by atoms with Crippen molar-refractivity contribution in [2.24, 2.45) is 5.92 Å². The number of unbranched alkanes of at least 4 members (excludes halogenated alkanes) is 3. The van der Waals surface area contributed by atoms with E-state index in [1.54, 1.807) is 24.3 Å². The molecule has 2 rings (SSSR count). The molecule has 1 aromatic carbocycles. The zero-order chi connectivity index (χ0) is 22.5. The summed E-state index contributed by atoms with van der Waals surface area (Å²) >= 11 is 0. The summed E-state index contributed by atoms with van der Waals surface area (Å²) in [5, 5.41) is 0. The highest BCUT2D eigenvalue weighted by Gasteiger charge is 2.29. The van der Waals surface area contributed by atoms with E-state index in [1.807, 2.05) is 0 Å². The average Bonchev–Trinajstić information content (AvgIpc) is 2.80. The Kier molecular flexibility index (Phi) is 10.6. The third kappa shape index (κ3) is 8.82. The fourth-order valence-corrected chi connectivity index (χ4v) is 3.47. The number of methoxy groups -OCH3 is 1. The molecule has 1 fully saturated rings. The van der Waals surface area contributed by atoms with Gasteiger partial charge in [0, 0.05) is 6.08 Å². The minimum Gasteiger partial charge on any atom is -0.494 e. The standard InChI is InChI=1S/C24H32O7/c1-3-22(25)30-17-7-5-4-6-16-29-20-12-8-19(9-13-20)24(27)31-21-14-10-18(11-15-21)23(26)28-2/h3,8-9,12-13,18,21H,1,4-7,10-11,14-17H2,2H3. The van der Waals surface area contributed by atoms with Gasteiger partial charge in [-0.1, -0.05) is 6.58 Å². The van der Waals surface area contributed by atoms with Crippen LogP contribution in [0.3, 0.4) is 0 Å². The molecule has 0 atom stereocenters. The summed E-state index contributed by atoms with van der Waals surface area (Å²) in [6.45, 7) is 4.35. The molecule has 1 saturated carbocycles. The first-order valence-corrected chi connectivity index (χ1v) is 10.8. The van der Waals surface area contributed by atoms with Gasteiger partial charge in [0.1, 0.15) is 11.9 Å². The second kappa shape index (κ2) is 13.5. The number of carbonyl (C=O) groups excluding carboxylic acids is 3. The zero-order valence-electron chi connectivity index (χ0n) is 18.2. The van der Waals surface area contributed by atoms with Crippen molar-refractivity contribution in [2.45, 2.75) is 57.5 Å². The van der Waals surface area contributed by atoms with Crippen molar-refractivity contribution in [1.82, 2.24) is 0 Å². The van der Waals surface area contributed by atoms with Crippen LogP contribution in [0.5, 0.6) is 5.75 Å². The van der Waals surface area contributed by atoms with E-state index in [0.29, 0.717) is 50.2 Å². The lowest BCUT2D eigenvalue weighted by Crippen LogP contribution is -2.28. The minimum absolute atomic E-state index is 0.0915. The van der Waals surface area contributed by atoms with E-state index in [-0.39, 0.29) is 29.9 Å². The van der Waals surface area contributed by atoms with Crippen LogP contribution in [0.4, 0.5) is 0 Å². The van der Waals surface area contributed by atoms with E-state index >= 15 is 0 Å². The SMILES string of the molecule is C=CC(=O)OCCCCCCOc1ccc(C(=O)OC2CCC(C(=O)OC)CC2)cc1. The van der Waals surface area contributed by atoms with Crippen LogP contribution >= 0.6 is 0 Å². The molecule has 1 aromatic rings. The first-order chi connectivity index (χ1) is 15.0. The zero-order valence-corrected chi connectivity index (χ0v) is 18.2. The molecule has 1 aliphatic carbocycles. The molecule has 0 saturated heterocycles. The summed E-state index contributed by atoms with van der Waals surface area (Å²) in [7, 11) is 1.40. The van der Waals surface area contributed by atoms with Gasteiger partial charge < -0.3 is 18.9 Å². The summed E-state index contributed by atoms with van der Waals surface area (Å²) in [4.78, 5) is 34.8. The molecule has 0 amide bonds. The van der Waals surface area contributed by atoms with E-state index in [0.717, 1.165) is 31.8 Å². The summed E-state index contributed by atoms with van der Waals surface area (Å²) in [5.74, 6) is -0.317. The largest absolute Gasteiger partial charge is 0.494 e. The normalized spacial score (nSPS) is 18.0. The number of hydrogen-bond donors (Lipinski definition) is 0. The van der Waals surface area contributed by atoms with Crippen LogP contribution in [0, 0.1) is 5.92 Å². The van der Waals surface area contributed by atoms with E-state index < -0.39 is 0 Å². The van der Waals surface area contributed by atoms with E-state index in [2.05, 4.69) is 6.58 Å². The van der Waals surface area contributed by atoms with Crippen molar-refractivity contribution >= 4 is 17.9 Å². The predicted octanol–water partition coefficient (Wildman–Crippen LogP) is 4.24. The molecule has 0 bridgehead atoms. The maximum atomic E-state index is 12.4. The Hall–Kier alpha value is -2.83. The highest BCUT2D eigenvalue weighted by Crippen LogP contribution is 2.28. The van der Waals surface area contributed by atoms with Gasteiger partial charge in [-0.2, -0.15) is 0 Å². The molecule has 1 aliphatic rings. The quantitative estimate of drug-likeness (QED) is 0.211. The van der Waals surface area contributed by atoms with Gasteiger partial charge in [0.05, 0.1) is 31.8 Å². The molecule has 170 valence electrons. The second-order valence-corrected chi connectivity index (χ2v) is 7.56. The van der Waals surface area contributed by atoms with Crippen LogP contribution < -0.4 is 4.74 Å². The molecule has 0 radical (unpaired) electrons. The van der Waals surface area contributed by atoms with E-state index in [1.165, 1.54) is 7.11 Å². The highest BCUT2D eigenvalue weighted by molar-refractivity contribution is 5.89. The molecule has 0 aromatic heterocycles. The molecule has 0 aliphatic heterocycles. The van der Waals surface area contributed by atoms with Crippen LogP contribution in [0.15, 0.2) is 36.9 Å². The highest BCUT2D eigenvalue weighted by atomic mass is 16.5. The molecule has 0 unspecified atom stereocenters. The first kappa shape index (κ1) is 24.4. The maximum absolute atomic E-state index is 12.4. The van der Waals surface area contributed by atoms with Crippen LogP contribution in [-0.2, 0) is 23.8 Å². The predicted molar refractivity (Wildman–Crippen MR) is 115 cm³/mol. The number of ether oxygens (including phenoxy) is 4. The van der Waals surface area contributed by atoms with E-state index in [9.17, 15) is 14.4 Å². The van der Waals surface area contributed by atoms with Gasteiger partial charge in [0.2, 0.25) is 0 Å². The molecule has 7 heteroatoms. The third-order valence-electron chi connectivity index (χ3n) is 5.29. The van der Waals surface area contributed by atoms with Crippen molar-refractivity contribution < 1.29 is 33.3 Å². The summed E-state index contributed by atoms with van der Waals surface area (Å²) in [6, 6.07) is 6.93. The van der Waals surface area contributed by atoms with Gasteiger partial charge >= 0.3 is 17.9 Å². The van der Waals surface area contributed by atoms with Crippen molar-refractivity contribution in [2.75, 3.05) is 20.3 Å². The third-order valence-corrected chi connectivity index (χ3v) is 5.29. The van der Waals surface area contributed by atoms with Crippen molar-refractivity contribution in [1.29, 1.82) is 0 Å². The van der Waals surface area contributed by atoms with Gasteiger partial charge in [0.25, 0.3) is 0 Å². The Bertz CT molecular complexity index is 718. The van der Waals surface area contributed by atoms with Gasteiger partial charge in [-0.05, 0) is 75.6 Å². The first-order valence-electron chi connectivity index (χ1n) is 10.8. The van der Waals surface area contributed by atoms with E-state index in [4.69, 9.17) is 18.9 Å². The molecule has 0 N–H and O–H groups in total. The van der Waals surface area contributed by atoms with Crippen molar-refractivity contribution in [3.8, 4) is 5.75 Å². The number of carbonyl (C=O) groups is 3. The van der Waals surface area contributed by atoms with Crippen molar-refractivity contribution in [3.63, 3.8) is 0 Å².